The van der Waals surface area contributed by atoms with Crippen molar-refractivity contribution in [2.75, 3.05) is 0 Å². The fraction of sp³-hybridized carbons (Fsp3) is 0.125. The van der Waals surface area contributed by atoms with Gasteiger partial charge in [-0.3, -0.25) is 0 Å². The molecular weight excluding hydrogens is 197 g/mol. The predicted molar refractivity (Wildman–Crippen MR) is 48.6 cm³/mol. The molecule has 0 amide bonds. The highest BCUT2D eigenvalue weighted by Crippen LogP contribution is 2.24. The molecule has 0 atom stereocenters. The molecule has 2 aromatic rings. The van der Waals surface area contributed by atoms with Gasteiger partial charge in [0.15, 0.2) is 5.58 Å². The van der Waals surface area contributed by atoms with Crippen LogP contribution in [0.5, 0.6) is 0 Å². The highest BCUT2D eigenvalue weighted by Gasteiger charge is 2.06. The number of hydrogen-bond donors (Lipinski definition) is 0. The Hall–Kier alpha value is -0.730. The third-order valence-electron chi connectivity index (χ3n) is 1.53. The van der Waals surface area contributed by atoms with E-state index in [-0.39, 0.29) is 5.88 Å². The molecule has 0 bridgehead atoms. The van der Waals surface area contributed by atoms with E-state index in [1.807, 2.05) is 12.1 Å². The van der Waals surface area contributed by atoms with E-state index in [1.165, 1.54) is 0 Å². The zero-order valence-corrected chi connectivity index (χ0v) is 7.56. The molecule has 0 aliphatic heterocycles. The maximum atomic E-state index is 5.85. The Balaban J connectivity index is 2.74. The summed E-state index contributed by atoms with van der Waals surface area (Å²) in [6.45, 7) is 0. The fourth-order valence-corrected chi connectivity index (χ4v) is 1.34. The third-order valence-corrected chi connectivity index (χ3v) is 2.05. The normalized spacial score (nSPS) is 10.8. The van der Waals surface area contributed by atoms with Gasteiger partial charge in [0.05, 0.1) is 10.9 Å². The minimum Gasteiger partial charge on any atom is -0.438 e. The lowest BCUT2D eigenvalue weighted by molar-refractivity contribution is 0.555. The number of hydrogen-bond acceptors (Lipinski definition) is 2. The van der Waals surface area contributed by atoms with Crippen LogP contribution in [0.25, 0.3) is 11.1 Å². The van der Waals surface area contributed by atoms with Gasteiger partial charge in [-0.1, -0.05) is 17.7 Å². The van der Waals surface area contributed by atoms with E-state index in [0.717, 1.165) is 5.52 Å². The maximum absolute atomic E-state index is 5.85. The molecule has 2 nitrogen and oxygen atoms in total. The van der Waals surface area contributed by atoms with Crippen LogP contribution in [0.4, 0.5) is 0 Å². The number of halogens is 2. The summed E-state index contributed by atoms with van der Waals surface area (Å²) in [7, 11) is 0. The van der Waals surface area contributed by atoms with Crippen molar-refractivity contribution in [1.82, 2.24) is 4.98 Å². The van der Waals surface area contributed by atoms with Gasteiger partial charge >= 0.3 is 0 Å². The van der Waals surface area contributed by atoms with Crippen LogP contribution < -0.4 is 0 Å². The van der Waals surface area contributed by atoms with E-state index in [2.05, 4.69) is 4.98 Å². The van der Waals surface area contributed by atoms with Crippen LogP contribution in [0.15, 0.2) is 22.6 Å². The van der Waals surface area contributed by atoms with Crippen molar-refractivity contribution in [3.8, 4) is 0 Å². The van der Waals surface area contributed by atoms with Crippen molar-refractivity contribution < 1.29 is 4.42 Å². The summed E-state index contributed by atoms with van der Waals surface area (Å²) in [5, 5.41) is 0.566. The zero-order chi connectivity index (χ0) is 8.55. The van der Waals surface area contributed by atoms with Crippen LogP contribution in [-0.2, 0) is 5.88 Å². The molecule has 2 rings (SSSR count). The van der Waals surface area contributed by atoms with Gasteiger partial charge in [-0.15, -0.1) is 11.6 Å². The standard InChI is InChI=1S/C8H5Cl2NO/c9-4-7-11-6-3-1-2-5(10)8(6)12-7/h1-3H,4H2. The monoisotopic (exact) mass is 201 g/mol. The van der Waals surface area contributed by atoms with Crippen LogP contribution in [0, 0.1) is 0 Å². The Labute approximate surface area is 79.1 Å². The lowest BCUT2D eigenvalue weighted by atomic mass is 10.3. The molecule has 0 N–H and O–H groups in total. The second-order valence-electron chi connectivity index (χ2n) is 2.33. The van der Waals surface area contributed by atoms with Gasteiger partial charge in [-0.25, -0.2) is 4.98 Å². The first-order valence-electron chi connectivity index (χ1n) is 3.41. The van der Waals surface area contributed by atoms with E-state index in [1.54, 1.807) is 6.07 Å². The average Bonchev–Trinajstić information content (AvgIpc) is 2.49. The zero-order valence-electron chi connectivity index (χ0n) is 6.05. The summed E-state index contributed by atoms with van der Waals surface area (Å²) in [5.41, 5.74) is 1.35. The fourth-order valence-electron chi connectivity index (χ4n) is 1.02. The first kappa shape index (κ1) is 7.90. The maximum Gasteiger partial charge on any atom is 0.210 e. The van der Waals surface area contributed by atoms with Gasteiger partial charge in [-0.05, 0) is 12.1 Å². The molecule has 12 heavy (non-hydrogen) atoms. The second-order valence-corrected chi connectivity index (χ2v) is 3.00. The highest BCUT2D eigenvalue weighted by molar-refractivity contribution is 6.34. The molecule has 62 valence electrons. The molecule has 0 fully saturated rings. The smallest absolute Gasteiger partial charge is 0.210 e. The van der Waals surface area contributed by atoms with E-state index >= 15 is 0 Å². The van der Waals surface area contributed by atoms with E-state index < -0.39 is 0 Å². The van der Waals surface area contributed by atoms with E-state index in [9.17, 15) is 0 Å². The predicted octanol–water partition coefficient (Wildman–Crippen LogP) is 3.22. The summed E-state index contributed by atoms with van der Waals surface area (Å²) in [6.07, 6.45) is 0. The minimum atomic E-state index is 0.269. The molecule has 1 aromatic carbocycles. The van der Waals surface area contributed by atoms with Crippen LogP contribution >= 0.6 is 23.2 Å². The molecule has 0 unspecified atom stereocenters. The number of fused-ring (bicyclic) bond motifs is 1. The van der Waals surface area contributed by atoms with Crippen LogP contribution in [-0.4, -0.2) is 4.98 Å². The number of alkyl halides is 1. The number of benzene rings is 1. The number of nitrogens with zero attached hydrogens (tertiary/aromatic N) is 1. The number of oxazole rings is 1. The van der Waals surface area contributed by atoms with E-state index in [0.29, 0.717) is 16.5 Å². The van der Waals surface area contributed by atoms with Crippen LogP contribution in [0.3, 0.4) is 0 Å². The third kappa shape index (κ3) is 1.17. The Kier molecular flexibility index (Phi) is 1.95. The van der Waals surface area contributed by atoms with Crippen molar-refractivity contribution >= 4 is 34.3 Å². The Morgan fingerprint density at radius 2 is 2.25 bits per heavy atom. The number of aromatic nitrogens is 1. The topological polar surface area (TPSA) is 26.0 Å². The molecule has 4 heteroatoms. The lowest BCUT2D eigenvalue weighted by Crippen LogP contribution is -1.72. The highest BCUT2D eigenvalue weighted by atomic mass is 35.5. The van der Waals surface area contributed by atoms with Crippen LogP contribution in [0.1, 0.15) is 5.89 Å². The molecule has 0 saturated carbocycles. The summed E-state index contributed by atoms with van der Waals surface area (Å²) in [6, 6.07) is 5.42. The van der Waals surface area contributed by atoms with Gasteiger partial charge in [0.1, 0.15) is 5.52 Å². The summed E-state index contributed by atoms with van der Waals surface area (Å²) in [5.74, 6) is 0.769. The SMILES string of the molecule is ClCc1nc2cccc(Cl)c2o1. The Morgan fingerprint density at radius 3 is 2.92 bits per heavy atom. The van der Waals surface area contributed by atoms with Gasteiger partial charge in [0.2, 0.25) is 5.89 Å². The summed E-state index contributed by atoms with van der Waals surface area (Å²) >= 11 is 11.4. The van der Waals surface area contributed by atoms with Crippen molar-refractivity contribution in [1.29, 1.82) is 0 Å². The van der Waals surface area contributed by atoms with Gasteiger partial charge in [0, 0.05) is 0 Å². The average molecular weight is 202 g/mol. The van der Waals surface area contributed by atoms with Crippen molar-refractivity contribution in [3.05, 3.63) is 29.1 Å². The molecule has 1 heterocycles. The van der Waals surface area contributed by atoms with E-state index in [4.69, 9.17) is 27.6 Å². The molecule has 1 aromatic heterocycles. The second kappa shape index (κ2) is 2.96. The molecular formula is C8H5Cl2NO. The first-order valence-corrected chi connectivity index (χ1v) is 4.32. The quantitative estimate of drug-likeness (QED) is 0.663. The largest absolute Gasteiger partial charge is 0.438 e. The summed E-state index contributed by atoms with van der Waals surface area (Å²) < 4.78 is 5.27. The van der Waals surface area contributed by atoms with Gasteiger partial charge < -0.3 is 4.42 Å². The van der Waals surface area contributed by atoms with Gasteiger partial charge in [0.25, 0.3) is 0 Å². The Bertz CT molecular complexity index is 410. The molecule has 0 aliphatic rings. The number of rotatable bonds is 1. The Morgan fingerprint density at radius 1 is 1.42 bits per heavy atom. The number of para-hydroxylation sites is 1. The first-order chi connectivity index (χ1) is 5.81. The van der Waals surface area contributed by atoms with Gasteiger partial charge in [-0.2, -0.15) is 0 Å². The van der Waals surface area contributed by atoms with Crippen LogP contribution in [0.2, 0.25) is 5.02 Å². The van der Waals surface area contributed by atoms with Crippen molar-refractivity contribution in [3.63, 3.8) is 0 Å². The van der Waals surface area contributed by atoms with Crippen molar-refractivity contribution in [2.24, 2.45) is 0 Å². The van der Waals surface area contributed by atoms with Crippen molar-refractivity contribution in [2.45, 2.75) is 5.88 Å². The molecule has 0 aliphatic carbocycles. The lowest BCUT2D eigenvalue weighted by Gasteiger charge is -1.87. The minimum absolute atomic E-state index is 0.269. The molecule has 0 spiro atoms. The summed E-state index contributed by atoms with van der Waals surface area (Å²) in [4.78, 5) is 4.11. The molecule has 0 saturated heterocycles. The molecule has 0 radical (unpaired) electrons.